The molecule has 5 nitrogen and oxygen atoms in total. The molecule has 0 saturated carbocycles. The van der Waals surface area contributed by atoms with Crippen molar-refractivity contribution in [3.05, 3.63) is 0 Å². The molecule has 2 fully saturated rings. The number of ketones is 1. The largest absolute Gasteiger partial charge is 0.345 e. The van der Waals surface area contributed by atoms with E-state index < -0.39 is 0 Å². The number of likely N-dealkylation sites (N-methyl/N-ethyl adjacent to an activating group) is 1. The summed E-state index contributed by atoms with van der Waals surface area (Å²) in [7, 11) is 2.02. The first-order valence-corrected chi connectivity index (χ1v) is 8.13. The third-order valence-electron chi connectivity index (χ3n) is 4.89. The molecule has 0 aromatic rings. The van der Waals surface area contributed by atoms with Crippen molar-refractivity contribution in [2.45, 2.75) is 70.6 Å². The fourth-order valence-corrected chi connectivity index (χ4v) is 3.70. The number of carbonyl (C=O) groups excluding carboxylic acids is 2. The Morgan fingerprint density at radius 3 is 2.29 bits per heavy atom. The summed E-state index contributed by atoms with van der Waals surface area (Å²) in [5.74, 6) is 0.115. The lowest BCUT2D eigenvalue weighted by molar-refractivity contribution is -0.128. The summed E-state index contributed by atoms with van der Waals surface area (Å²) >= 11 is 0. The highest BCUT2D eigenvalue weighted by Gasteiger charge is 2.35. The first-order chi connectivity index (χ1) is 9.86. The summed E-state index contributed by atoms with van der Waals surface area (Å²) in [5, 5.41) is 6.50. The Morgan fingerprint density at radius 2 is 1.81 bits per heavy atom. The number of piperidine rings is 1. The van der Waals surface area contributed by atoms with Crippen molar-refractivity contribution >= 4 is 11.7 Å². The van der Waals surface area contributed by atoms with Gasteiger partial charge in [0.05, 0.1) is 12.6 Å². The van der Waals surface area contributed by atoms with Crippen molar-refractivity contribution in [1.29, 1.82) is 0 Å². The number of carbonyl (C=O) groups is 2. The van der Waals surface area contributed by atoms with E-state index >= 15 is 0 Å². The molecule has 0 aromatic heterocycles. The molecule has 0 radical (unpaired) electrons. The van der Waals surface area contributed by atoms with Crippen LogP contribution < -0.4 is 10.6 Å². The van der Waals surface area contributed by atoms with Crippen LogP contribution in [0.25, 0.3) is 0 Å². The van der Waals surface area contributed by atoms with Crippen LogP contribution in [0.4, 0.5) is 0 Å². The molecule has 3 unspecified atom stereocenters. The highest BCUT2D eigenvalue weighted by molar-refractivity contribution is 5.88. The normalized spacial score (nSPS) is 29.7. The van der Waals surface area contributed by atoms with E-state index in [4.69, 9.17) is 0 Å². The maximum atomic E-state index is 12.2. The quantitative estimate of drug-likeness (QED) is 0.765. The van der Waals surface area contributed by atoms with Crippen LogP contribution in [-0.4, -0.2) is 54.4 Å². The summed E-state index contributed by atoms with van der Waals surface area (Å²) in [6.45, 7) is 5.83. The molecule has 2 saturated heterocycles. The molecule has 2 aliphatic rings. The second-order valence-corrected chi connectivity index (χ2v) is 7.08. The Labute approximate surface area is 127 Å². The van der Waals surface area contributed by atoms with E-state index in [-0.39, 0.29) is 23.7 Å². The molecule has 0 aliphatic carbocycles. The molecule has 2 bridgehead atoms. The van der Waals surface area contributed by atoms with Gasteiger partial charge in [0.1, 0.15) is 0 Å². The minimum atomic E-state index is -0.366. The van der Waals surface area contributed by atoms with Crippen molar-refractivity contribution in [3.8, 4) is 0 Å². The number of nitrogens with one attached hydrogen (secondary N) is 2. The minimum Gasteiger partial charge on any atom is -0.345 e. The lowest BCUT2D eigenvalue weighted by Gasteiger charge is -2.35. The van der Waals surface area contributed by atoms with Gasteiger partial charge in [-0.2, -0.15) is 0 Å². The number of amides is 1. The van der Waals surface area contributed by atoms with Crippen LogP contribution in [0.1, 0.15) is 46.5 Å². The highest BCUT2D eigenvalue weighted by atomic mass is 16.2. The monoisotopic (exact) mass is 295 g/mol. The third kappa shape index (κ3) is 4.27. The number of fused-ring (bicyclic) bond motifs is 2. The van der Waals surface area contributed by atoms with Crippen LogP contribution in [-0.2, 0) is 9.59 Å². The Morgan fingerprint density at radius 1 is 1.24 bits per heavy atom. The second kappa shape index (κ2) is 6.88. The maximum Gasteiger partial charge on any atom is 0.234 e. The molecular formula is C16H29N3O2. The molecule has 2 rings (SSSR count). The SMILES string of the molecule is CC(=O)C(NC(=O)CN(C)C1CC2CCC(C1)N2)C(C)C. The van der Waals surface area contributed by atoms with Gasteiger partial charge in [-0.15, -0.1) is 0 Å². The van der Waals surface area contributed by atoms with Gasteiger partial charge in [-0.25, -0.2) is 0 Å². The summed E-state index contributed by atoms with van der Waals surface area (Å²) < 4.78 is 0. The van der Waals surface area contributed by atoms with Crippen molar-refractivity contribution < 1.29 is 9.59 Å². The molecule has 0 spiro atoms. The smallest absolute Gasteiger partial charge is 0.234 e. The van der Waals surface area contributed by atoms with E-state index in [2.05, 4.69) is 15.5 Å². The van der Waals surface area contributed by atoms with Gasteiger partial charge in [0.15, 0.2) is 5.78 Å². The number of nitrogens with zero attached hydrogens (tertiary/aromatic N) is 1. The fourth-order valence-electron chi connectivity index (χ4n) is 3.70. The number of hydrogen-bond acceptors (Lipinski definition) is 4. The molecule has 120 valence electrons. The zero-order valence-electron chi connectivity index (χ0n) is 13.7. The van der Waals surface area contributed by atoms with Crippen molar-refractivity contribution in [2.75, 3.05) is 13.6 Å². The van der Waals surface area contributed by atoms with Crippen molar-refractivity contribution in [2.24, 2.45) is 5.92 Å². The first kappa shape index (κ1) is 16.4. The van der Waals surface area contributed by atoms with E-state index in [0.717, 1.165) is 12.8 Å². The fraction of sp³-hybridized carbons (Fsp3) is 0.875. The van der Waals surface area contributed by atoms with E-state index in [0.29, 0.717) is 24.7 Å². The van der Waals surface area contributed by atoms with E-state index in [1.54, 1.807) is 6.92 Å². The topological polar surface area (TPSA) is 61.4 Å². The summed E-state index contributed by atoms with van der Waals surface area (Å²) in [4.78, 5) is 25.9. The highest BCUT2D eigenvalue weighted by Crippen LogP contribution is 2.29. The predicted molar refractivity (Wildman–Crippen MR) is 83.0 cm³/mol. The number of hydrogen-bond donors (Lipinski definition) is 2. The zero-order valence-corrected chi connectivity index (χ0v) is 13.7. The zero-order chi connectivity index (χ0) is 15.6. The summed E-state index contributed by atoms with van der Waals surface area (Å²) in [6.07, 6.45) is 4.78. The van der Waals surface area contributed by atoms with Crippen molar-refractivity contribution in [3.63, 3.8) is 0 Å². The Hall–Kier alpha value is -0.940. The molecule has 2 aliphatic heterocycles. The average Bonchev–Trinajstić information content (AvgIpc) is 2.73. The van der Waals surface area contributed by atoms with Crippen LogP contribution in [0.15, 0.2) is 0 Å². The van der Waals surface area contributed by atoms with Crippen LogP contribution >= 0.6 is 0 Å². The van der Waals surface area contributed by atoms with Gasteiger partial charge in [-0.3, -0.25) is 14.5 Å². The molecule has 0 aromatic carbocycles. The number of Topliss-reactive ketones (excluding diaryl/α,β-unsaturated/α-hetero) is 1. The van der Waals surface area contributed by atoms with Crippen LogP contribution in [0.3, 0.4) is 0 Å². The van der Waals surface area contributed by atoms with Crippen molar-refractivity contribution in [1.82, 2.24) is 15.5 Å². The van der Waals surface area contributed by atoms with Gasteiger partial charge in [0.25, 0.3) is 0 Å². The molecule has 2 heterocycles. The Balaban J connectivity index is 1.83. The molecule has 5 heteroatoms. The maximum absolute atomic E-state index is 12.2. The molecule has 2 N–H and O–H groups in total. The molecule has 21 heavy (non-hydrogen) atoms. The van der Waals surface area contributed by atoms with Gasteiger partial charge in [-0.1, -0.05) is 13.8 Å². The third-order valence-corrected chi connectivity index (χ3v) is 4.89. The van der Waals surface area contributed by atoms with Gasteiger partial charge in [0.2, 0.25) is 5.91 Å². The Bertz CT molecular complexity index is 385. The van der Waals surface area contributed by atoms with Crippen LogP contribution in [0.5, 0.6) is 0 Å². The summed E-state index contributed by atoms with van der Waals surface area (Å²) in [6, 6.07) is 1.36. The summed E-state index contributed by atoms with van der Waals surface area (Å²) in [5.41, 5.74) is 0. The average molecular weight is 295 g/mol. The number of rotatable bonds is 6. The van der Waals surface area contributed by atoms with Gasteiger partial charge < -0.3 is 10.6 Å². The lowest BCUT2D eigenvalue weighted by Crippen LogP contribution is -2.51. The van der Waals surface area contributed by atoms with Gasteiger partial charge >= 0.3 is 0 Å². The predicted octanol–water partition coefficient (Wildman–Crippen LogP) is 0.931. The Kier molecular flexibility index (Phi) is 5.38. The lowest BCUT2D eigenvalue weighted by atomic mass is 9.98. The van der Waals surface area contributed by atoms with E-state index in [1.165, 1.54) is 12.8 Å². The first-order valence-electron chi connectivity index (χ1n) is 8.13. The van der Waals surface area contributed by atoms with E-state index in [1.807, 2.05) is 20.9 Å². The van der Waals surface area contributed by atoms with Crippen LogP contribution in [0, 0.1) is 5.92 Å². The molecule has 1 amide bonds. The van der Waals surface area contributed by atoms with Gasteiger partial charge in [0, 0.05) is 18.1 Å². The molecule has 3 atom stereocenters. The standard InChI is InChI=1S/C16H29N3O2/c1-10(2)16(11(3)20)18-15(21)9-19(4)14-7-12-5-6-13(8-14)17-12/h10,12-14,16-17H,5-9H2,1-4H3,(H,18,21). The second-order valence-electron chi connectivity index (χ2n) is 7.08. The van der Waals surface area contributed by atoms with Crippen LogP contribution in [0.2, 0.25) is 0 Å². The minimum absolute atomic E-state index is 0.0286. The van der Waals surface area contributed by atoms with E-state index in [9.17, 15) is 9.59 Å². The molecular weight excluding hydrogens is 266 g/mol. The van der Waals surface area contributed by atoms with Gasteiger partial charge in [-0.05, 0) is 45.6 Å².